The van der Waals surface area contributed by atoms with E-state index in [2.05, 4.69) is 31.3 Å². The maximum atomic E-state index is 13.1. The Morgan fingerprint density at radius 3 is 1.27 bits per heavy atom. The van der Waals surface area contributed by atoms with Crippen LogP contribution in [0.4, 0.5) is 0 Å². The summed E-state index contributed by atoms with van der Waals surface area (Å²) in [5.41, 5.74) is 0. The molecule has 0 saturated heterocycles. The van der Waals surface area contributed by atoms with Gasteiger partial charge in [-0.25, -0.2) is 4.57 Å². The third kappa shape index (κ3) is 33.9. The molecule has 1 amide bonds. The number of aliphatic hydroxyl groups excluding tert-OH is 7. The molecule has 396 valence electrons. The molecule has 0 heterocycles. The smallest absolute Gasteiger partial charge is 0.393 e. The molecular weight excluding hydrogens is 874 g/mol. The lowest BCUT2D eigenvalue weighted by atomic mass is 9.85. The van der Waals surface area contributed by atoms with Gasteiger partial charge in [0.1, 0.15) is 36.6 Å². The van der Waals surface area contributed by atoms with E-state index in [9.17, 15) is 50.0 Å². The van der Waals surface area contributed by atoms with Crippen molar-refractivity contribution in [1.82, 2.24) is 5.32 Å². The predicted octanol–water partition coefficient (Wildman–Crippen LogP) is 10.7. The molecule has 67 heavy (non-hydrogen) atoms. The molecule has 0 aliphatic heterocycles. The summed E-state index contributed by atoms with van der Waals surface area (Å²) in [6, 6.07) is -1.24. The number of hydrogen-bond donors (Lipinski definition) is 9. The average Bonchev–Trinajstić information content (AvgIpc) is 3.30. The third-order valence-electron chi connectivity index (χ3n) is 13.3. The summed E-state index contributed by atoms with van der Waals surface area (Å²) >= 11 is 0. The first-order valence-corrected chi connectivity index (χ1v) is 28.9. The standard InChI is InChI=1S/C53H102NO12P/c1-3-5-7-9-11-13-15-17-19-21-22-23-24-25-27-29-31-33-35-37-39-41-46(56)45(43-65-67(63,64)66-53-51(61)49(59)48(58)50(60)52(53)62)54-47(57)42-44(55)40-38-36-34-32-30-28-26-20-18-16-14-12-10-8-6-4-2/h28,30,39,41,44-46,48-53,55-56,58-62H,3-27,29,31-38,40,42-43H2,1-2H3,(H,54,57)(H,63,64)/b30-28-,41-39+. The van der Waals surface area contributed by atoms with Gasteiger partial charge >= 0.3 is 7.82 Å². The van der Waals surface area contributed by atoms with Gasteiger partial charge < -0.3 is 46.0 Å². The first-order valence-electron chi connectivity index (χ1n) is 27.4. The molecule has 14 heteroatoms. The SMILES string of the molecule is CCCCCCCCCCC/C=C\CCCCCC(O)CC(=O)NC(COP(=O)(O)OC1C(O)C(O)C(O)C(O)C1O)C(O)/C=C/CCCCCCCCCCCCCCCCCCCCC. The van der Waals surface area contributed by atoms with Gasteiger partial charge in [0.15, 0.2) is 0 Å². The van der Waals surface area contributed by atoms with Crippen LogP contribution in [-0.2, 0) is 18.4 Å². The number of amides is 1. The highest BCUT2D eigenvalue weighted by Gasteiger charge is 2.51. The minimum Gasteiger partial charge on any atom is -0.393 e. The third-order valence-corrected chi connectivity index (χ3v) is 14.3. The molecule has 0 bridgehead atoms. The molecule has 1 fully saturated rings. The maximum absolute atomic E-state index is 13.1. The Balaban J connectivity index is 2.46. The summed E-state index contributed by atoms with van der Waals surface area (Å²) < 4.78 is 23.0. The molecule has 1 aliphatic carbocycles. The molecule has 1 rings (SSSR count). The van der Waals surface area contributed by atoms with E-state index in [0.29, 0.717) is 12.8 Å². The maximum Gasteiger partial charge on any atom is 0.472 e. The Kier molecular flexibility index (Phi) is 40.4. The minimum atomic E-state index is -5.15. The van der Waals surface area contributed by atoms with Gasteiger partial charge in [-0.05, 0) is 44.9 Å². The summed E-state index contributed by atoms with van der Waals surface area (Å²) in [7, 11) is -5.15. The van der Waals surface area contributed by atoms with Crippen molar-refractivity contribution < 1.29 is 59.0 Å². The summed E-state index contributed by atoms with van der Waals surface area (Å²) in [6.07, 6.45) is 35.4. The number of carbonyl (C=O) groups is 1. The van der Waals surface area contributed by atoms with Crippen LogP contribution in [0.5, 0.6) is 0 Å². The largest absolute Gasteiger partial charge is 0.472 e. The zero-order valence-electron chi connectivity index (χ0n) is 42.3. The van der Waals surface area contributed by atoms with Crippen LogP contribution in [0.3, 0.4) is 0 Å². The summed E-state index contributed by atoms with van der Waals surface area (Å²) in [5.74, 6) is -0.598. The Labute approximate surface area is 407 Å². The van der Waals surface area contributed by atoms with Gasteiger partial charge in [0, 0.05) is 0 Å². The molecule has 1 saturated carbocycles. The topological polar surface area (TPSA) is 226 Å². The average molecular weight is 976 g/mol. The van der Waals surface area contributed by atoms with Crippen molar-refractivity contribution >= 4 is 13.7 Å². The van der Waals surface area contributed by atoms with E-state index in [4.69, 9.17) is 9.05 Å². The number of rotatable bonds is 46. The van der Waals surface area contributed by atoms with E-state index in [1.807, 2.05) is 0 Å². The zero-order chi connectivity index (χ0) is 49.4. The fourth-order valence-corrected chi connectivity index (χ4v) is 9.79. The number of carbonyl (C=O) groups excluding carboxylic acids is 1. The molecule has 9 N–H and O–H groups in total. The summed E-state index contributed by atoms with van der Waals surface area (Å²) in [5, 5.41) is 74.8. The fourth-order valence-electron chi connectivity index (χ4n) is 8.83. The lowest BCUT2D eigenvalue weighted by Crippen LogP contribution is -2.64. The van der Waals surface area contributed by atoms with E-state index in [-0.39, 0.29) is 6.42 Å². The highest BCUT2D eigenvalue weighted by Crippen LogP contribution is 2.47. The molecule has 8 unspecified atom stereocenters. The second-order valence-corrected chi connectivity index (χ2v) is 21.0. The number of nitrogens with one attached hydrogen (secondary N) is 1. The molecule has 0 aromatic heterocycles. The van der Waals surface area contributed by atoms with Crippen molar-refractivity contribution in [3.8, 4) is 0 Å². The van der Waals surface area contributed by atoms with Crippen LogP contribution < -0.4 is 5.32 Å². The van der Waals surface area contributed by atoms with E-state index < -0.39 is 75.2 Å². The highest BCUT2D eigenvalue weighted by molar-refractivity contribution is 7.47. The van der Waals surface area contributed by atoms with Crippen LogP contribution in [0.1, 0.15) is 245 Å². The van der Waals surface area contributed by atoms with Gasteiger partial charge in [-0.1, -0.05) is 218 Å². The van der Waals surface area contributed by atoms with Crippen LogP contribution in [0.15, 0.2) is 24.3 Å². The first-order chi connectivity index (χ1) is 32.3. The van der Waals surface area contributed by atoms with E-state index in [1.54, 1.807) is 6.08 Å². The number of allylic oxidation sites excluding steroid dienone is 3. The molecule has 8 atom stereocenters. The highest BCUT2D eigenvalue weighted by atomic mass is 31.2. The van der Waals surface area contributed by atoms with Gasteiger partial charge in [0.25, 0.3) is 0 Å². The Morgan fingerprint density at radius 1 is 0.522 bits per heavy atom. The first kappa shape index (κ1) is 63.8. The Bertz CT molecular complexity index is 1240. The quantitative estimate of drug-likeness (QED) is 0.0158. The van der Waals surface area contributed by atoms with Crippen molar-refractivity contribution in [3.63, 3.8) is 0 Å². The van der Waals surface area contributed by atoms with E-state index in [0.717, 1.165) is 51.4 Å². The fraction of sp³-hybridized carbons (Fsp3) is 0.906. The van der Waals surface area contributed by atoms with Crippen LogP contribution in [0.2, 0.25) is 0 Å². The van der Waals surface area contributed by atoms with Gasteiger partial charge in [-0.2, -0.15) is 0 Å². The van der Waals surface area contributed by atoms with Crippen molar-refractivity contribution in [2.75, 3.05) is 6.61 Å². The van der Waals surface area contributed by atoms with Crippen molar-refractivity contribution in [3.05, 3.63) is 24.3 Å². The number of hydrogen-bond acceptors (Lipinski definition) is 11. The lowest BCUT2D eigenvalue weighted by molar-refractivity contribution is -0.220. The van der Waals surface area contributed by atoms with Crippen molar-refractivity contribution in [2.45, 2.75) is 300 Å². The monoisotopic (exact) mass is 976 g/mol. The molecule has 0 spiro atoms. The van der Waals surface area contributed by atoms with Crippen LogP contribution >= 0.6 is 7.82 Å². The molecule has 1 aliphatic rings. The number of phosphoric acid groups is 1. The second-order valence-electron chi connectivity index (χ2n) is 19.6. The summed E-state index contributed by atoms with van der Waals surface area (Å²) in [4.78, 5) is 23.5. The normalized spacial score (nSPS) is 22.4. The summed E-state index contributed by atoms with van der Waals surface area (Å²) in [6.45, 7) is 3.77. The van der Waals surface area contributed by atoms with Gasteiger partial charge in [0.2, 0.25) is 5.91 Å². The molecule has 0 aromatic carbocycles. The van der Waals surface area contributed by atoms with E-state index >= 15 is 0 Å². The lowest BCUT2D eigenvalue weighted by Gasteiger charge is -2.41. The minimum absolute atomic E-state index is 0.253. The number of unbranched alkanes of at least 4 members (excludes halogenated alkanes) is 31. The van der Waals surface area contributed by atoms with Crippen LogP contribution in [0, 0.1) is 0 Å². The Morgan fingerprint density at radius 2 is 0.866 bits per heavy atom. The predicted molar refractivity (Wildman–Crippen MR) is 270 cm³/mol. The molecule has 0 radical (unpaired) electrons. The molecule has 0 aromatic rings. The van der Waals surface area contributed by atoms with Crippen LogP contribution in [0.25, 0.3) is 0 Å². The Hall–Kier alpha value is -1.22. The van der Waals surface area contributed by atoms with Crippen LogP contribution in [-0.4, -0.2) is 108 Å². The van der Waals surface area contributed by atoms with Gasteiger partial charge in [-0.3, -0.25) is 13.8 Å². The number of phosphoric ester groups is 1. The molecular formula is C53H102NO12P. The van der Waals surface area contributed by atoms with E-state index in [1.165, 1.54) is 167 Å². The second kappa shape index (κ2) is 42.5. The van der Waals surface area contributed by atoms with Crippen molar-refractivity contribution in [1.29, 1.82) is 0 Å². The van der Waals surface area contributed by atoms with Crippen molar-refractivity contribution in [2.24, 2.45) is 0 Å². The van der Waals surface area contributed by atoms with Gasteiger partial charge in [-0.15, -0.1) is 0 Å². The zero-order valence-corrected chi connectivity index (χ0v) is 43.2. The number of aliphatic hydroxyl groups is 7. The molecule has 13 nitrogen and oxygen atoms in total. The van der Waals surface area contributed by atoms with Gasteiger partial charge in [0.05, 0.1) is 31.3 Å².